The molecule has 0 aliphatic carbocycles. The van der Waals surface area contributed by atoms with Crippen LogP contribution in [0, 0.1) is 5.92 Å². The van der Waals surface area contributed by atoms with E-state index in [0.29, 0.717) is 5.88 Å². The van der Waals surface area contributed by atoms with Crippen LogP contribution in [0.15, 0.2) is 11.6 Å². The number of hydrogen-bond donors (Lipinski definition) is 1. The zero-order valence-electron chi connectivity index (χ0n) is 6.80. The number of carboxylic acid groups (broad SMARTS) is 1. The van der Waals surface area contributed by atoms with E-state index in [2.05, 4.69) is 0 Å². The van der Waals surface area contributed by atoms with Crippen LogP contribution >= 0.6 is 11.6 Å². The van der Waals surface area contributed by atoms with E-state index in [1.165, 1.54) is 0 Å². The van der Waals surface area contributed by atoms with E-state index in [9.17, 15) is 4.79 Å². The molecule has 3 heteroatoms. The summed E-state index contributed by atoms with van der Waals surface area (Å²) < 4.78 is 0. The Hall–Kier alpha value is -0.500. The molecule has 0 rings (SSSR count). The minimum atomic E-state index is -0.805. The number of carboxylic acids is 1. The molecule has 64 valence electrons. The zero-order valence-corrected chi connectivity index (χ0v) is 7.56. The first kappa shape index (κ1) is 10.5. The fourth-order valence-corrected chi connectivity index (χ4v) is 0.960. The lowest BCUT2D eigenvalue weighted by molar-refractivity contribution is -0.139. The molecule has 0 aromatic heterocycles. The molecule has 0 aromatic carbocycles. The Kier molecular flexibility index (Phi) is 4.95. The van der Waals surface area contributed by atoms with Crippen molar-refractivity contribution >= 4 is 17.6 Å². The number of carbonyl (C=O) groups is 1. The lowest BCUT2D eigenvalue weighted by atomic mass is 10.1. The molecule has 0 aliphatic rings. The molecule has 0 aliphatic heterocycles. The molecule has 0 amide bonds. The average molecular weight is 177 g/mol. The molecule has 1 atom stereocenters. The largest absolute Gasteiger partial charge is 0.481 e. The average Bonchev–Trinajstić information content (AvgIpc) is 1.99. The molecule has 0 radical (unpaired) electrons. The summed E-state index contributed by atoms with van der Waals surface area (Å²) in [6, 6.07) is 0. The topological polar surface area (TPSA) is 37.3 Å². The Balaban J connectivity index is 4.14. The van der Waals surface area contributed by atoms with Crippen LogP contribution in [0.1, 0.15) is 20.3 Å². The minimum absolute atomic E-state index is 0.425. The summed E-state index contributed by atoms with van der Waals surface area (Å²) in [5.74, 6) is -0.807. The van der Waals surface area contributed by atoms with Gasteiger partial charge < -0.3 is 5.11 Å². The molecule has 0 bridgehead atoms. The van der Waals surface area contributed by atoms with E-state index in [1.54, 1.807) is 13.0 Å². The van der Waals surface area contributed by atoms with Crippen LogP contribution < -0.4 is 0 Å². The van der Waals surface area contributed by atoms with Crippen LogP contribution in [0.25, 0.3) is 0 Å². The fraction of sp³-hybridized carbons (Fsp3) is 0.625. The van der Waals surface area contributed by atoms with Crippen molar-refractivity contribution in [2.24, 2.45) is 5.92 Å². The summed E-state index contributed by atoms with van der Waals surface area (Å²) in [6.07, 6.45) is 2.52. The maximum absolute atomic E-state index is 10.4. The molecule has 0 heterocycles. The molecule has 0 aromatic rings. The van der Waals surface area contributed by atoms with Crippen molar-refractivity contribution in [3.05, 3.63) is 11.6 Å². The highest BCUT2D eigenvalue weighted by Crippen LogP contribution is 2.08. The molecule has 0 saturated heterocycles. The monoisotopic (exact) mass is 176 g/mol. The number of aliphatic carboxylic acids is 1. The van der Waals surface area contributed by atoms with Crippen LogP contribution in [0.4, 0.5) is 0 Å². The van der Waals surface area contributed by atoms with Gasteiger partial charge in [-0.3, -0.25) is 4.79 Å². The van der Waals surface area contributed by atoms with Crippen LogP contribution in [0.3, 0.4) is 0 Å². The highest BCUT2D eigenvalue weighted by molar-refractivity contribution is 6.19. The van der Waals surface area contributed by atoms with E-state index >= 15 is 0 Å². The molecule has 0 fully saturated rings. The van der Waals surface area contributed by atoms with Crippen LogP contribution in [-0.2, 0) is 4.79 Å². The summed E-state index contributed by atoms with van der Waals surface area (Å²) in [5, 5.41) is 8.53. The fourth-order valence-electron chi connectivity index (χ4n) is 0.682. The van der Waals surface area contributed by atoms with Gasteiger partial charge >= 0.3 is 5.97 Å². The molecular weight excluding hydrogens is 164 g/mol. The zero-order chi connectivity index (χ0) is 8.85. The summed E-state index contributed by atoms with van der Waals surface area (Å²) in [5.41, 5.74) is 0.988. The van der Waals surface area contributed by atoms with Gasteiger partial charge in [-0.05, 0) is 13.3 Å². The van der Waals surface area contributed by atoms with Gasteiger partial charge in [0.05, 0.1) is 5.92 Å². The molecular formula is C8H13ClO2. The van der Waals surface area contributed by atoms with Crippen molar-refractivity contribution < 1.29 is 9.90 Å². The predicted molar refractivity (Wildman–Crippen MR) is 45.9 cm³/mol. The Morgan fingerprint density at radius 3 is 2.55 bits per heavy atom. The number of rotatable bonds is 4. The quantitative estimate of drug-likeness (QED) is 0.527. The third-order valence-electron chi connectivity index (χ3n) is 1.50. The Bertz CT molecular complexity index is 157. The standard InChI is InChI=1S/C8H13ClO2/c1-3-7(5-9)4-6(2)8(10)11/h4,6H,3,5H2,1-2H3,(H,10,11)/t6-/m0/s1. The molecule has 0 spiro atoms. The van der Waals surface area contributed by atoms with Crippen molar-refractivity contribution in [3.63, 3.8) is 0 Å². The minimum Gasteiger partial charge on any atom is -0.481 e. The Morgan fingerprint density at radius 1 is 1.73 bits per heavy atom. The van der Waals surface area contributed by atoms with Gasteiger partial charge in [-0.1, -0.05) is 18.6 Å². The van der Waals surface area contributed by atoms with Gasteiger partial charge in [-0.15, -0.1) is 11.6 Å². The second kappa shape index (κ2) is 5.19. The predicted octanol–water partition coefficient (Wildman–Crippen LogP) is 2.28. The number of hydrogen-bond acceptors (Lipinski definition) is 1. The lowest BCUT2D eigenvalue weighted by Gasteiger charge is -2.02. The van der Waals surface area contributed by atoms with Crippen molar-refractivity contribution in [1.29, 1.82) is 0 Å². The Morgan fingerprint density at radius 2 is 2.27 bits per heavy atom. The highest BCUT2D eigenvalue weighted by Gasteiger charge is 2.07. The van der Waals surface area contributed by atoms with E-state index < -0.39 is 11.9 Å². The van der Waals surface area contributed by atoms with Gasteiger partial charge in [0.15, 0.2) is 0 Å². The summed E-state index contributed by atoms with van der Waals surface area (Å²) in [4.78, 5) is 10.4. The first-order chi connectivity index (χ1) is 5.11. The lowest BCUT2D eigenvalue weighted by Crippen LogP contribution is -2.07. The van der Waals surface area contributed by atoms with Crippen molar-refractivity contribution in [2.45, 2.75) is 20.3 Å². The molecule has 1 N–H and O–H groups in total. The molecule has 0 unspecified atom stereocenters. The van der Waals surface area contributed by atoms with Crippen LogP contribution in [-0.4, -0.2) is 17.0 Å². The first-order valence-electron chi connectivity index (χ1n) is 3.60. The van der Waals surface area contributed by atoms with Crippen molar-refractivity contribution in [2.75, 3.05) is 5.88 Å². The maximum atomic E-state index is 10.4. The van der Waals surface area contributed by atoms with Crippen molar-refractivity contribution in [3.8, 4) is 0 Å². The molecule has 0 saturated carbocycles. The van der Waals surface area contributed by atoms with E-state index in [0.717, 1.165) is 12.0 Å². The summed E-state index contributed by atoms with van der Waals surface area (Å²) in [7, 11) is 0. The summed E-state index contributed by atoms with van der Waals surface area (Å²) >= 11 is 5.56. The second-order valence-corrected chi connectivity index (χ2v) is 2.71. The first-order valence-corrected chi connectivity index (χ1v) is 4.13. The SMILES string of the molecule is CCC(=C[C@H](C)C(=O)O)CCl. The van der Waals surface area contributed by atoms with E-state index in [1.807, 2.05) is 6.92 Å². The van der Waals surface area contributed by atoms with Gasteiger partial charge in [0.2, 0.25) is 0 Å². The second-order valence-electron chi connectivity index (χ2n) is 2.44. The maximum Gasteiger partial charge on any atom is 0.310 e. The molecule has 2 nitrogen and oxygen atoms in total. The van der Waals surface area contributed by atoms with Gasteiger partial charge in [-0.2, -0.15) is 0 Å². The number of alkyl halides is 1. The van der Waals surface area contributed by atoms with Gasteiger partial charge in [0, 0.05) is 5.88 Å². The van der Waals surface area contributed by atoms with Crippen LogP contribution in [0.2, 0.25) is 0 Å². The van der Waals surface area contributed by atoms with E-state index in [-0.39, 0.29) is 0 Å². The smallest absolute Gasteiger partial charge is 0.310 e. The van der Waals surface area contributed by atoms with Crippen LogP contribution in [0.5, 0.6) is 0 Å². The number of allylic oxidation sites excluding steroid dienone is 1. The molecule has 11 heavy (non-hydrogen) atoms. The van der Waals surface area contributed by atoms with E-state index in [4.69, 9.17) is 16.7 Å². The van der Waals surface area contributed by atoms with Gasteiger partial charge in [0.25, 0.3) is 0 Å². The highest BCUT2D eigenvalue weighted by atomic mass is 35.5. The third-order valence-corrected chi connectivity index (χ3v) is 1.84. The third kappa shape index (κ3) is 4.04. The van der Waals surface area contributed by atoms with Gasteiger partial charge in [-0.25, -0.2) is 0 Å². The van der Waals surface area contributed by atoms with Gasteiger partial charge in [0.1, 0.15) is 0 Å². The summed E-state index contributed by atoms with van der Waals surface area (Å²) in [6.45, 7) is 3.60. The Labute approximate surface area is 71.9 Å². The number of halogens is 1. The normalized spacial score (nSPS) is 14.6. The van der Waals surface area contributed by atoms with Crippen molar-refractivity contribution in [1.82, 2.24) is 0 Å².